The molecule has 0 unspecified atom stereocenters. The van der Waals surface area contributed by atoms with Crippen molar-refractivity contribution in [2.24, 2.45) is 0 Å². The van der Waals surface area contributed by atoms with Crippen LogP contribution in [0, 0.1) is 5.82 Å². The molecular weight excluding hydrogens is 321 g/mol. The summed E-state index contributed by atoms with van der Waals surface area (Å²) in [5.41, 5.74) is 2.12. The molecule has 2 aromatic carbocycles. The van der Waals surface area contributed by atoms with E-state index in [-0.39, 0.29) is 5.82 Å². The minimum absolute atomic E-state index is 0.319. The Morgan fingerprint density at radius 2 is 1.95 bits per heavy atom. The zero-order valence-electron chi connectivity index (χ0n) is 11.5. The molecule has 0 saturated heterocycles. The first-order valence-corrected chi connectivity index (χ1v) is 7.20. The second-order valence-electron chi connectivity index (χ2n) is 4.84. The summed E-state index contributed by atoms with van der Waals surface area (Å²) >= 11 is 3.43. The molecule has 106 valence electrons. The molecule has 0 aliphatic carbocycles. The Morgan fingerprint density at radius 1 is 1.25 bits per heavy atom. The van der Waals surface area contributed by atoms with Crippen molar-refractivity contribution in [2.75, 3.05) is 11.9 Å². The monoisotopic (exact) mass is 337 g/mol. The van der Waals surface area contributed by atoms with Crippen LogP contribution in [0.15, 0.2) is 46.9 Å². The van der Waals surface area contributed by atoms with Crippen molar-refractivity contribution in [3.05, 3.63) is 63.9 Å². The Morgan fingerprint density at radius 3 is 2.60 bits per heavy atom. The normalized spacial score (nSPS) is 12.2. The van der Waals surface area contributed by atoms with Crippen LogP contribution in [0.25, 0.3) is 0 Å². The predicted molar refractivity (Wildman–Crippen MR) is 83.3 cm³/mol. The van der Waals surface area contributed by atoms with Gasteiger partial charge in [-0.3, -0.25) is 0 Å². The molecule has 1 atom stereocenters. The van der Waals surface area contributed by atoms with Gasteiger partial charge in [-0.1, -0.05) is 40.2 Å². The summed E-state index contributed by atoms with van der Waals surface area (Å²) in [4.78, 5) is 1.82. The van der Waals surface area contributed by atoms with Crippen molar-refractivity contribution in [1.29, 1.82) is 0 Å². The van der Waals surface area contributed by atoms with Crippen LogP contribution in [0.4, 0.5) is 10.1 Å². The fourth-order valence-corrected chi connectivity index (χ4v) is 2.71. The lowest BCUT2D eigenvalue weighted by atomic mass is 10.1. The molecule has 2 aromatic rings. The number of halogens is 2. The number of para-hydroxylation sites is 1. The molecule has 0 radical (unpaired) electrons. The molecule has 2 nitrogen and oxygen atoms in total. The van der Waals surface area contributed by atoms with Crippen LogP contribution in [0.3, 0.4) is 0 Å². The maximum absolute atomic E-state index is 14.1. The summed E-state index contributed by atoms with van der Waals surface area (Å²) in [6, 6.07) is 12.7. The van der Waals surface area contributed by atoms with Gasteiger partial charge >= 0.3 is 0 Å². The average molecular weight is 338 g/mol. The molecule has 2 rings (SSSR count). The lowest BCUT2D eigenvalue weighted by molar-refractivity contribution is 0.199. The molecule has 0 saturated carbocycles. The van der Waals surface area contributed by atoms with Crippen LogP contribution in [0.1, 0.15) is 24.2 Å². The molecular formula is C16H17BrFNO. The largest absolute Gasteiger partial charge is 0.389 e. The van der Waals surface area contributed by atoms with E-state index in [9.17, 15) is 9.50 Å². The lowest BCUT2D eigenvalue weighted by Crippen LogP contribution is -2.20. The van der Waals surface area contributed by atoms with Gasteiger partial charge in [0.15, 0.2) is 0 Å². The van der Waals surface area contributed by atoms with Gasteiger partial charge in [0, 0.05) is 23.6 Å². The molecule has 0 aliphatic heterocycles. The third-order valence-electron chi connectivity index (χ3n) is 3.16. The van der Waals surface area contributed by atoms with E-state index in [1.807, 2.05) is 36.2 Å². The summed E-state index contributed by atoms with van der Waals surface area (Å²) in [7, 11) is 1.82. The van der Waals surface area contributed by atoms with Crippen molar-refractivity contribution in [3.8, 4) is 0 Å². The maximum Gasteiger partial charge on any atom is 0.146 e. The number of aliphatic hydroxyl groups is 1. The average Bonchev–Trinajstić information content (AvgIpc) is 2.38. The van der Waals surface area contributed by atoms with Gasteiger partial charge in [0.25, 0.3) is 0 Å². The van der Waals surface area contributed by atoms with Gasteiger partial charge in [0.1, 0.15) is 5.82 Å². The third kappa shape index (κ3) is 3.38. The van der Waals surface area contributed by atoms with E-state index in [2.05, 4.69) is 15.9 Å². The number of hydrogen-bond donors (Lipinski definition) is 1. The summed E-state index contributed by atoms with van der Waals surface area (Å²) in [5, 5.41) is 9.79. The minimum atomic E-state index is -0.703. The van der Waals surface area contributed by atoms with Crippen LogP contribution in [0.5, 0.6) is 0 Å². The van der Waals surface area contributed by atoms with Crippen LogP contribution in [-0.2, 0) is 6.54 Å². The minimum Gasteiger partial charge on any atom is -0.389 e. The summed E-state index contributed by atoms with van der Waals surface area (Å²) < 4.78 is 15.1. The summed E-state index contributed by atoms with van der Waals surface area (Å²) in [6.07, 6.45) is -0.703. The van der Waals surface area contributed by atoms with E-state index < -0.39 is 6.10 Å². The fraction of sp³-hybridized carbons (Fsp3) is 0.250. The van der Waals surface area contributed by atoms with E-state index in [1.54, 1.807) is 19.1 Å². The number of nitrogens with zero attached hydrogens (tertiary/aromatic N) is 1. The van der Waals surface area contributed by atoms with E-state index in [1.165, 1.54) is 6.07 Å². The lowest BCUT2D eigenvalue weighted by Gasteiger charge is -2.24. The molecule has 0 fully saturated rings. The zero-order valence-corrected chi connectivity index (χ0v) is 13.1. The van der Waals surface area contributed by atoms with Crippen LogP contribution in [0.2, 0.25) is 0 Å². The Hall–Kier alpha value is -1.39. The molecule has 0 bridgehead atoms. The van der Waals surface area contributed by atoms with Gasteiger partial charge in [-0.15, -0.1) is 0 Å². The maximum atomic E-state index is 14.1. The SMILES string of the molecule is C[C@@H](O)c1cccc(F)c1N(C)Cc1cccc(Br)c1. The van der Waals surface area contributed by atoms with Crippen molar-refractivity contribution in [3.63, 3.8) is 0 Å². The highest BCUT2D eigenvalue weighted by molar-refractivity contribution is 9.10. The Balaban J connectivity index is 2.31. The number of anilines is 1. The number of hydrogen-bond acceptors (Lipinski definition) is 2. The van der Waals surface area contributed by atoms with Crippen molar-refractivity contribution >= 4 is 21.6 Å². The fourth-order valence-electron chi connectivity index (χ4n) is 2.26. The predicted octanol–water partition coefficient (Wildman–Crippen LogP) is 4.28. The van der Waals surface area contributed by atoms with Gasteiger partial charge in [0.05, 0.1) is 11.8 Å². The highest BCUT2D eigenvalue weighted by Crippen LogP contribution is 2.29. The third-order valence-corrected chi connectivity index (χ3v) is 3.65. The highest BCUT2D eigenvalue weighted by atomic mass is 79.9. The summed E-state index contributed by atoms with van der Waals surface area (Å²) in [5.74, 6) is -0.319. The van der Waals surface area contributed by atoms with Crippen LogP contribution >= 0.6 is 15.9 Å². The molecule has 0 aliphatic rings. The van der Waals surface area contributed by atoms with E-state index >= 15 is 0 Å². The van der Waals surface area contributed by atoms with Crippen LogP contribution in [-0.4, -0.2) is 12.2 Å². The smallest absolute Gasteiger partial charge is 0.146 e. The Labute approximate surface area is 127 Å². The van der Waals surface area contributed by atoms with Crippen molar-refractivity contribution in [1.82, 2.24) is 0 Å². The van der Waals surface area contributed by atoms with Gasteiger partial charge in [0.2, 0.25) is 0 Å². The quantitative estimate of drug-likeness (QED) is 0.900. The first-order chi connectivity index (χ1) is 9.49. The zero-order chi connectivity index (χ0) is 14.7. The number of aliphatic hydroxyl groups excluding tert-OH is 1. The first kappa shape index (κ1) is 15.0. The van der Waals surface area contributed by atoms with Crippen molar-refractivity contribution in [2.45, 2.75) is 19.6 Å². The molecule has 0 spiro atoms. The second kappa shape index (κ2) is 6.37. The van der Waals surface area contributed by atoms with Crippen LogP contribution < -0.4 is 4.90 Å². The molecule has 20 heavy (non-hydrogen) atoms. The van der Waals surface area contributed by atoms with Crippen molar-refractivity contribution < 1.29 is 9.50 Å². The van der Waals surface area contributed by atoms with Gasteiger partial charge in [-0.05, 0) is 30.7 Å². The molecule has 0 heterocycles. The Kier molecular flexibility index (Phi) is 4.78. The van der Waals surface area contributed by atoms with Gasteiger partial charge in [-0.2, -0.15) is 0 Å². The summed E-state index contributed by atoms with van der Waals surface area (Å²) in [6.45, 7) is 2.21. The molecule has 1 N–H and O–H groups in total. The van der Waals surface area contributed by atoms with E-state index in [4.69, 9.17) is 0 Å². The first-order valence-electron chi connectivity index (χ1n) is 6.41. The topological polar surface area (TPSA) is 23.5 Å². The van der Waals surface area contributed by atoms with E-state index in [0.717, 1.165) is 10.0 Å². The molecule has 0 amide bonds. The van der Waals surface area contributed by atoms with E-state index in [0.29, 0.717) is 17.8 Å². The number of rotatable bonds is 4. The second-order valence-corrected chi connectivity index (χ2v) is 5.76. The highest BCUT2D eigenvalue weighted by Gasteiger charge is 2.16. The Bertz CT molecular complexity index is 601. The molecule has 0 aromatic heterocycles. The standard InChI is InChI=1S/C16H17BrFNO/c1-11(20)14-7-4-8-15(18)16(14)19(2)10-12-5-3-6-13(17)9-12/h3-9,11,20H,10H2,1-2H3/t11-/m1/s1. The van der Waals surface area contributed by atoms with Gasteiger partial charge < -0.3 is 10.0 Å². The molecule has 4 heteroatoms. The van der Waals surface area contributed by atoms with Gasteiger partial charge in [-0.25, -0.2) is 4.39 Å². The number of benzene rings is 2.